The number of para-hydroxylation sites is 1. The summed E-state index contributed by atoms with van der Waals surface area (Å²) in [6, 6.07) is 10.4. The highest BCUT2D eigenvalue weighted by molar-refractivity contribution is 7.14. The summed E-state index contributed by atoms with van der Waals surface area (Å²) in [5.41, 5.74) is 2.46. The van der Waals surface area contributed by atoms with Crippen LogP contribution in [-0.2, 0) is 9.59 Å². The van der Waals surface area contributed by atoms with E-state index in [9.17, 15) is 18.4 Å². The molecule has 0 spiro atoms. The standard InChI is InChI=1S/C21H15F2N3O2S/c1-12(27)26(19-8-7-13(22)9-17(19)23)21-24-14(11-29-21)10-16-15-5-3-4-6-18(15)25(2)20(16)28/h3-11H,1-2H3/b16-10-. The van der Waals surface area contributed by atoms with Gasteiger partial charge >= 0.3 is 0 Å². The number of halogens is 2. The molecule has 0 saturated carbocycles. The number of rotatable bonds is 3. The van der Waals surface area contributed by atoms with E-state index in [0.717, 1.165) is 33.6 Å². The largest absolute Gasteiger partial charge is 0.311 e. The van der Waals surface area contributed by atoms with E-state index in [-0.39, 0.29) is 16.7 Å². The average Bonchev–Trinajstić information content (AvgIpc) is 3.23. The lowest BCUT2D eigenvalue weighted by Gasteiger charge is -2.18. The van der Waals surface area contributed by atoms with Gasteiger partial charge in [-0.1, -0.05) is 18.2 Å². The molecule has 2 amide bonds. The van der Waals surface area contributed by atoms with E-state index in [0.29, 0.717) is 17.3 Å². The van der Waals surface area contributed by atoms with Crippen LogP contribution in [0.25, 0.3) is 11.6 Å². The molecule has 1 aliphatic rings. The zero-order valence-corrected chi connectivity index (χ0v) is 16.3. The Morgan fingerprint density at radius 1 is 1.21 bits per heavy atom. The number of hydrogen-bond donors (Lipinski definition) is 0. The van der Waals surface area contributed by atoms with Crippen LogP contribution in [0, 0.1) is 11.6 Å². The first kappa shape index (κ1) is 18.9. The van der Waals surface area contributed by atoms with Gasteiger partial charge < -0.3 is 4.90 Å². The second-order valence-electron chi connectivity index (χ2n) is 6.44. The van der Waals surface area contributed by atoms with Crippen LogP contribution in [0.1, 0.15) is 18.2 Å². The Hall–Kier alpha value is -3.39. The van der Waals surface area contributed by atoms with E-state index in [1.807, 2.05) is 24.3 Å². The van der Waals surface area contributed by atoms with Gasteiger partial charge in [-0.2, -0.15) is 0 Å². The summed E-state index contributed by atoms with van der Waals surface area (Å²) in [5, 5.41) is 1.90. The van der Waals surface area contributed by atoms with Crippen LogP contribution in [0.2, 0.25) is 0 Å². The zero-order chi connectivity index (χ0) is 20.7. The minimum atomic E-state index is -0.864. The normalized spacial score (nSPS) is 14.4. The fourth-order valence-electron chi connectivity index (χ4n) is 3.20. The topological polar surface area (TPSA) is 53.5 Å². The van der Waals surface area contributed by atoms with Gasteiger partial charge in [-0.3, -0.25) is 14.5 Å². The van der Waals surface area contributed by atoms with Crippen LogP contribution in [0.5, 0.6) is 0 Å². The molecule has 0 fully saturated rings. The number of hydrogen-bond acceptors (Lipinski definition) is 4. The number of anilines is 3. The van der Waals surface area contributed by atoms with Crippen LogP contribution in [0.4, 0.5) is 25.3 Å². The van der Waals surface area contributed by atoms with Gasteiger partial charge in [0.1, 0.15) is 11.6 Å². The molecule has 0 bridgehead atoms. The van der Waals surface area contributed by atoms with Crippen molar-refractivity contribution in [3.05, 3.63) is 70.7 Å². The quantitative estimate of drug-likeness (QED) is 0.591. The highest BCUT2D eigenvalue weighted by atomic mass is 32.1. The Labute approximate surface area is 169 Å². The number of nitrogens with zero attached hydrogens (tertiary/aromatic N) is 3. The molecule has 146 valence electrons. The van der Waals surface area contributed by atoms with Gasteiger partial charge in [0, 0.05) is 31.0 Å². The number of carbonyl (C=O) groups excluding carboxylic acids is 2. The van der Waals surface area contributed by atoms with E-state index in [1.54, 1.807) is 23.4 Å². The van der Waals surface area contributed by atoms with Crippen molar-refractivity contribution in [2.24, 2.45) is 0 Å². The Kier molecular flexibility index (Phi) is 4.71. The highest BCUT2D eigenvalue weighted by Gasteiger charge is 2.29. The second kappa shape index (κ2) is 7.21. The molecule has 4 rings (SSSR count). The monoisotopic (exact) mass is 411 g/mol. The first-order chi connectivity index (χ1) is 13.9. The number of thiazole rings is 1. The minimum absolute atomic E-state index is 0.0884. The zero-order valence-electron chi connectivity index (χ0n) is 15.5. The average molecular weight is 411 g/mol. The Morgan fingerprint density at radius 3 is 2.69 bits per heavy atom. The molecule has 0 saturated heterocycles. The lowest BCUT2D eigenvalue weighted by atomic mass is 10.1. The van der Waals surface area contributed by atoms with Crippen LogP contribution >= 0.6 is 11.3 Å². The van der Waals surface area contributed by atoms with E-state index in [2.05, 4.69) is 4.98 Å². The Morgan fingerprint density at radius 2 is 1.97 bits per heavy atom. The summed E-state index contributed by atoms with van der Waals surface area (Å²) in [6.07, 6.45) is 1.64. The van der Waals surface area contributed by atoms with Crippen molar-refractivity contribution >= 4 is 51.3 Å². The maximum absolute atomic E-state index is 14.2. The summed E-state index contributed by atoms with van der Waals surface area (Å²) in [7, 11) is 1.70. The van der Waals surface area contributed by atoms with E-state index >= 15 is 0 Å². The molecular weight excluding hydrogens is 396 g/mol. The van der Waals surface area contributed by atoms with Crippen LogP contribution in [0.15, 0.2) is 47.8 Å². The second-order valence-corrected chi connectivity index (χ2v) is 7.28. The number of carbonyl (C=O) groups is 2. The predicted octanol–water partition coefficient (Wildman–Crippen LogP) is 4.62. The lowest BCUT2D eigenvalue weighted by molar-refractivity contribution is -0.116. The summed E-state index contributed by atoms with van der Waals surface area (Å²) >= 11 is 1.12. The van der Waals surface area contributed by atoms with E-state index in [4.69, 9.17) is 0 Å². The van der Waals surface area contributed by atoms with Crippen molar-refractivity contribution in [2.75, 3.05) is 16.8 Å². The number of aromatic nitrogens is 1. The Balaban J connectivity index is 1.74. The Bertz CT molecular complexity index is 1170. The van der Waals surface area contributed by atoms with Crippen molar-refractivity contribution in [3.63, 3.8) is 0 Å². The number of benzene rings is 2. The van der Waals surface area contributed by atoms with Crippen LogP contribution in [-0.4, -0.2) is 23.8 Å². The van der Waals surface area contributed by atoms with Gasteiger partial charge in [-0.05, 0) is 24.3 Å². The van der Waals surface area contributed by atoms with Crippen molar-refractivity contribution in [3.8, 4) is 0 Å². The molecule has 0 unspecified atom stereocenters. The molecule has 0 N–H and O–H groups in total. The van der Waals surface area contributed by atoms with Gasteiger partial charge in [0.15, 0.2) is 5.13 Å². The maximum atomic E-state index is 14.2. The van der Waals surface area contributed by atoms with Gasteiger partial charge in [-0.15, -0.1) is 11.3 Å². The fraction of sp³-hybridized carbons (Fsp3) is 0.0952. The smallest absolute Gasteiger partial charge is 0.258 e. The number of amides is 2. The molecule has 8 heteroatoms. The van der Waals surface area contributed by atoms with Crippen molar-refractivity contribution in [1.82, 2.24) is 4.98 Å². The summed E-state index contributed by atoms with van der Waals surface area (Å²) in [4.78, 5) is 31.8. The van der Waals surface area contributed by atoms with Crippen molar-refractivity contribution < 1.29 is 18.4 Å². The molecule has 2 aromatic carbocycles. The third-order valence-corrected chi connectivity index (χ3v) is 5.39. The van der Waals surface area contributed by atoms with E-state index < -0.39 is 17.5 Å². The third kappa shape index (κ3) is 3.31. The van der Waals surface area contributed by atoms with Gasteiger partial charge in [0.05, 0.1) is 22.6 Å². The number of fused-ring (bicyclic) bond motifs is 1. The summed E-state index contributed by atoms with van der Waals surface area (Å²) in [5.74, 6) is -2.22. The van der Waals surface area contributed by atoms with Gasteiger partial charge in [0.25, 0.3) is 5.91 Å². The van der Waals surface area contributed by atoms with Crippen molar-refractivity contribution in [1.29, 1.82) is 0 Å². The first-order valence-electron chi connectivity index (χ1n) is 8.67. The van der Waals surface area contributed by atoms with E-state index in [1.165, 1.54) is 13.0 Å². The van der Waals surface area contributed by atoms with Gasteiger partial charge in [-0.25, -0.2) is 13.8 Å². The van der Waals surface area contributed by atoms with Gasteiger partial charge in [0.2, 0.25) is 5.91 Å². The van der Waals surface area contributed by atoms with Crippen molar-refractivity contribution in [2.45, 2.75) is 6.92 Å². The summed E-state index contributed by atoms with van der Waals surface area (Å²) in [6.45, 7) is 1.27. The predicted molar refractivity (Wildman–Crippen MR) is 109 cm³/mol. The molecule has 2 heterocycles. The molecule has 3 aromatic rings. The SMILES string of the molecule is CC(=O)N(c1nc(/C=C2\C(=O)N(C)c3ccccc32)cs1)c1ccc(F)cc1F. The fourth-order valence-corrected chi connectivity index (χ4v) is 4.04. The molecule has 0 aliphatic carbocycles. The molecular formula is C21H15F2N3O2S. The molecule has 0 radical (unpaired) electrons. The van der Waals surface area contributed by atoms with Crippen LogP contribution in [0.3, 0.4) is 0 Å². The lowest BCUT2D eigenvalue weighted by Crippen LogP contribution is -2.23. The molecule has 29 heavy (non-hydrogen) atoms. The number of likely N-dealkylation sites (N-methyl/N-ethyl adjacent to an activating group) is 1. The molecule has 5 nitrogen and oxygen atoms in total. The maximum Gasteiger partial charge on any atom is 0.258 e. The third-order valence-electron chi connectivity index (χ3n) is 4.55. The molecule has 1 aliphatic heterocycles. The first-order valence-corrected chi connectivity index (χ1v) is 9.55. The minimum Gasteiger partial charge on any atom is -0.311 e. The highest BCUT2D eigenvalue weighted by Crippen LogP contribution is 2.37. The molecule has 1 aromatic heterocycles. The molecule has 0 atom stereocenters. The summed E-state index contributed by atoms with van der Waals surface area (Å²) < 4.78 is 27.5. The van der Waals surface area contributed by atoms with Crippen LogP contribution < -0.4 is 9.80 Å².